The Labute approximate surface area is 173 Å². The molecule has 152 valence electrons. The highest BCUT2D eigenvalue weighted by Crippen LogP contribution is 2.19. The van der Waals surface area contributed by atoms with Crippen molar-refractivity contribution in [1.29, 1.82) is 0 Å². The van der Waals surface area contributed by atoms with Crippen molar-refractivity contribution in [2.24, 2.45) is 10.7 Å². The highest BCUT2D eigenvalue weighted by molar-refractivity contribution is 14.0. The normalized spacial score (nSPS) is 18.1. The van der Waals surface area contributed by atoms with E-state index >= 15 is 0 Å². The summed E-state index contributed by atoms with van der Waals surface area (Å²) in [5.74, 6) is 0.0346. The molecule has 1 fully saturated rings. The number of primary amides is 1. The molecule has 0 aliphatic carbocycles. The zero-order valence-corrected chi connectivity index (χ0v) is 17.4. The third-order valence-corrected chi connectivity index (χ3v) is 3.99. The topological polar surface area (TPSA) is 82.7 Å². The minimum Gasteiger partial charge on any atom is -0.366 e. The van der Waals surface area contributed by atoms with Crippen LogP contribution in [0, 0.1) is 0 Å². The summed E-state index contributed by atoms with van der Waals surface area (Å²) < 4.78 is 37.5. The van der Waals surface area contributed by atoms with Crippen molar-refractivity contribution in [3.63, 3.8) is 0 Å². The first-order valence-electron chi connectivity index (χ1n) is 8.49. The Hall–Kier alpha value is -1.56. The largest absolute Gasteiger partial charge is 0.401 e. The maximum Gasteiger partial charge on any atom is 0.401 e. The Morgan fingerprint density at radius 1 is 1.41 bits per heavy atom. The number of hydrogen-bond acceptors (Lipinski definition) is 3. The zero-order valence-electron chi connectivity index (χ0n) is 15.1. The van der Waals surface area contributed by atoms with Gasteiger partial charge in [-0.1, -0.05) is 12.1 Å². The molecule has 1 aliphatic rings. The highest BCUT2D eigenvalue weighted by atomic mass is 127. The lowest BCUT2D eigenvalue weighted by Gasteiger charge is -2.19. The minimum atomic E-state index is -4.18. The first-order chi connectivity index (χ1) is 12.3. The molecule has 0 saturated carbocycles. The fourth-order valence-corrected chi connectivity index (χ4v) is 2.85. The molecule has 1 saturated heterocycles. The lowest BCUT2D eigenvalue weighted by Crippen LogP contribution is -2.45. The van der Waals surface area contributed by atoms with Gasteiger partial charge in [0.2, 0.25) is 5.91 Å². The average molecular weight is 499 g/mol. The molecule has 0 radical (unpaired) electrons. The molecule has 1 amide bonds. The molecule has 1 aromatic rings. The van der Waals surface area contributed by atoms with Crippen LogP contribution in [-0.4, -0.2) is 55.2 Å². The number of likely N-dealkylation sites (tertiary alicyclic amines) is 1. The molecular weight excluding hydrogens is 474 g/mol. The fraction of sp³-hybridized carbons (Fsp3) is 0.529. The van der Waals surface area contributed by atoms with Crippen LogP contribution in [0.15, 0.2) is 29.3 Å². The summed E-state index contributed by atoms with van der Waals surface area (Å²) in [7, 11) is 0. The number of nitrogens with two attached hydrogens (primary N) is 1. The Morgan fingerprint density at radius 2 is 2.15 bits per heavy atom. The van der Waals surface area contributed by atoms with E-state index in [4.69, 9.17) is 5.73 Å². The standard InChI is InChI=1S/C17H24F3N5O.HI/c1-2-22-16(23-9-12-4-3-5-13(8-12)15(21)26)24-14-6-7-25(10-14)11-17(18,19)20;/h3-5,8,14H,2,6-7,9-11H2,1H3,(H2,21,26)(H2,22,23,24);1H. The van der Waals surface area contributed by atoms with Gasteiger partial charge in [-0.15, -0.1) is 24.0 Å². The Bertz CT molecular complexity index is 654. The molecule has 1 aliphatic heterocycles. The van der Waals surface area contributed by atoms with Crippen molar-refractivity contribution in [2.45, 2.75) is 32.1 Å². The van der Waals surface area contributed by atoms with E-state index in [0.29, 0.717) is 44.1 Å². The lowest BCUT2D eigenvalue weighted by molar-refractivity contribution is -0.143. The molecule has 2 rings (SSSR count). The van der Waals surface area contributed by atoms with Crippen LogP contribution in [0.4, 0.5) is 13.2 Å². The second kappa shape index (κ2) is 10.7. The van der Waals surface area contributed by atoms with E-state index in [2.05, 4.69) is 15.6 Å². The molecule has 1 atom stereocenters. The van der Waals surface area contributed by atoms with E-state index in [-0.39, 0.29) is 30.0 Å². The van der Waals surface area contributed by atoms with Crippen LogP contribution in [0.2, 0.25) is 0 Å². The van der Waals surface area contributed by atoms with Crippen LogP contribution in [0.1, 0.15) is 29.3 Å². The van der Waals surface area contributed by atoms with Crippen molar-refractivity contribution in [3.05, 3.63) is 35.4 Å². The molecular formula is C17H25F3IN5O. The summed E-state index contributed by atoms with van der Waals surface area (Å²) in [4.78, 5) is 17.1. The summed E-state index contributed by atoms with van der Waals surface area (Å²) in [5.41, 5.74) is 6.50. The summed E-state index contributed by atoms with van der Waals surface area (Å²) in [6, 6.07) is 6.78. The highest BCUT2D eigenvalue weighted by Gasteiger charge is 2.34. The number of aliphatic imine (C=N–C) groups is 1. The van der Waals surface area contributed by atoms with Gasteiger partial charge in [0.1, 0.15) is 0 Å². The van der Waals surface area contributed by atoms with Crippen molar-refractivity contribution < 1.29 is 18.0 Å². The van der Waals surface area contributed by atoms with Gasteiger partial charge in [-0.25, -0.2) is 4.99 Å². The maximum absolute atomic E-state index is 12.5. The lowest BCUT2D eigenvalue weighted by atomic mass is 10.1. The summed E-state index contributed by atoms with van der Waals surface area (Å²) >= 11 is 0. The van der Waals surface area contributed by atoms with Crippen molar-refractivity contribution in [2.75, 3.05) is 26.2 Å². The van der Waals surface area contributed by atoms with E-state index in [9.17, 15) is 18.0 Å². The number of alkyl halides is 3. The van der Waals surface area contributed by atoms with Crippen LogP contribution >= 0.6 is 24.0 Å². The molecule has 6 nitrogen and oxygen atoms in total. The van der Waals surface area contributed by atoms with Crippen LogP contribution < -0.4 is 16.4 Å². The molecule has 0 bridgehead atoms. The molecule has 0 aromatic heterocycles. The Balaban J connectivity index is 0.00000364. The number of benzene rings is 1. The third kappa shape index (κ3) is 8.33. The van der Waals surface area contributed by atoms with Gasteiger partial charge in [0.05, 0.1) is 13.1 Å². The van der Waals surface area contributed by atoms with Gasteiger partial charge in [-0.05, 0) is 31.0 Å². The zero-order chi connectivity index (χ0) is 19.2. The Morgan fingerprint density at radius 3 is 2.78 bits per heavy atom. The molecule has 1 aromatic carbocycles. The van der Waals surface area contributed by atoms with Crippen LogP contribution in [0.5, 0.6) is 0 Å². The minimum absolute atomic E-state index is 0. The van der Waals surface area contributed by atoms with Gasteiger partial charge in [-0.3, -0.25) is 9.69 Å². The van der Waals surface area contributed by atoms with E-state index in [1.165, 1.54) is 4.90 Å². The van der Waals surface area contributed by atoms with Crippen LogP contribution in [0.25, 0.3) is 0 Å². The second-order valence-electron chi connectivity index (χ2n) is 6.24. The van der Waals surface area contributed by atoms with Gasteiger partial charge >= 0.3 is 6.18 Å². The number of halogens is 4. The van der Waals surface area contributed by atoms with Crippen molar-refractivity contribution in [3.8, 4) is 0 Å². The molecule has 0 spiro atoms. The number of amides is 1. The fourth-order valence-electron chi connectivity index (χ4n) is 2.85. The van der Waals surface area contributed by atoms with E-state index in [1.807, 2.05) is 13.0 Å². The number of nitrogens with one attached hydrogen (secondary N) is 2. The number of nitrogens with zero attached hydrogens (tertiary/aromatic N) is 2. The van der Waals surface area contributed by atoms with Gasteiger partial charge in [0.25, 0.3) is 0 Å². The predicted molar refractivity (Wildman–Crippen MR) is 109 cm³/mol. The van der Waals surface area contributed by atoms with E-state index in [1.54, 1.807) is 18.2 Å². The number of hydrogen-bond donors (Lipinski definition) is 3. The van der Waals surface area contributed by atoms with Gasteiger partial charge < -0.3 is 16.4 Å². The molecule has 10 heteroatoms. The molecule has 1 heterocycles. The average Bonchev–Trinajstić information content (AvgIpc) is 2.98. The first kappa shape index (κ1) is 23.5. The number of carbonyl (C=O) groups excluding carboxylic acids is 1. The van der Waals surface area contributed by atoms with Crippen molar-refractivity contribution in [1.82, 2.24) is 15.5 Å². The summed E-state index contributed by atoms with van der Waals surface area (Å²) in [6.45, 7) is 2.70. The van der Waals surface area contributed by atoms with Crippen molar-refractivity contribution >= 4 is 35.8 Å². The predicted octanol–water partition coefficient (Wildman–Crippen LogP) is 2.10. The molecule has 4 N–H and O–H groups in total. The smallest absolute Gasteiger partial charge is 0.366 e. The Kier molecular flexibility index (Phi) is 9.30. The summed E-state index contributed by atoms with van der Waals surface area (Å²) in [5, 5.41) is 6.27. The van der Waals surface area contributed by atoms with Gasteiger partial charge in [0.15, 0.2) is 5.96 Å². The quantitative estimate of drug-likeness (QED) is 0.318. The third-order valence-electron chi connectivity index (χ3n) is 3.99. The van der Waals surface area contributed by atoms with Crippen LogP contribution in [-0.2, 0) is 6.54 Å². The van der Waals surface area contributed by atoms with Gasteiger partial charge in [0, 0.05) is 31.2 Å². The van der Waals surface area contributed by atoms with E-state index < -0.39 is 18.6 Å². The second-order valence-corrected chi connectivity index (χ2v) is 6.24. The molecule has 1 unspecified atom stereocenters. The number of guanidine groups is 1. The molecule has 27 heavy (non-hydrogen) atoms. The van der Waals surface area contributed by atoms with Crippen LogP contribution in [0.3, 0.4) is 0 Å². The number of rotatable bonds is 6. The van der Waals surface area contributed by atoms with Gasteiger partial charge in [-0.2, -0.15) is 13.2 Å². The van der Waals surface area contributed by atoms with E-state index in [0.717, 1.165) is 5.56 Å². The first-order valence-corrected chi connectivity index (χ1v) is 8.49. The maximum atomic E-state index is 12.5. The SMILES string of the molecule is CCNC(=NCc1cccc(C(N)=O)c1)NC1CCN(CC(F)(F)F)C1.I. The number of carbonyl (C=O) groups is 1. The monoisotopic (exact) mass is 499 g/mol. The summed E-state index contributed by atoms with van der Waals surface area (Å²) in [6.07, 6.45) is -3.56.